The third kappa shape index (κ3) is 2.26. The predicted molar refractivity (Wildman–Crippen MR) is 32.0 cm³/mol. The zero-order chi connectivity index (χ0) is 5.66. The number of hydrogen-bond acceptors (Lipinski definition) is 2. The van der Waals surface area contributed by atoms with Crippen molar-refractivity contribution in [3.8, 4) is 0 Å². The monoisotopic (exact) mass is 114 g/mol. The number of rotatable bonds is 0. The van der Waals surface area contributed by atoms with Crippen molar-refractivity contribution >= 4 is 0 Å². The molecule has 47 valence electrons. The maximum atomic E-state index is 3.97. The first-order valence-electron chi connectivity index (χ1n) is 3.14. The average molecular weight is 114 g/mol. The first kappa shape index (κ1) is 6.01. The van der Waals surface area contributed by atoms with Crippen LogP contribution in [0.15, 0.2) is 0 Å². The summed E-state index contributed by atoms with van der Waals surface area (Å²) in [6, 6.07) is 0. The summed E-state index contributed by atoms with van der Waals surface area (Å²) < 4.78 is 0. The lowest BCUT2D eigenvalue weighted by Crippen LogP contribution is -2.40. The Kier molecular flexibility index (Phi) is 2.88. The fourth-order valence-corrected chi connectivity index (χ4v) is 0.749. The molecule has 0 aromatic heterocycles. The van der Waals surface area contributed by atoms with Crippen LogP contribution >= 0.6 is 0 Å². The smallest absolute Gasteiger partial charge is 0.0318 e. The van der Waals surface area contributed by atoms with Crippen molar-refractivity contribution in [2.24, 2.45) is 0 Å². The lowest BCUT2D eigenvalue weighted by molar-refractivity contribution is 0.382. The normalized spacial score (nSPS) is 24.0. The summed E-state index contributed by atoms with van der Waals surface area (Å²) in [7, 11) is 0. The molecule has 1 aliphatic heterocycles. The van der Waals surface area contributed by atoms with E-state index in [0.29, 0.717) is 0 Å². The van der Waals surface area contributed by atoms with Gasteiger partial charge in [0.15, 0.2) is 0 Å². The van der Waals surface area contributed by atoms with Crippen molar-refractivity contribution in [1.82, 2.24) is 16.4 Å². The molecule has 3 nitrogen and oxygen atoms in total. The third-order valence-electron chi connectivity index (χ3n) is 1.23. The number of hydrazine groups is 1. The zero-order valence-electron chi connectivity index (χ0n) is 4.98. The van der Waals surface area contributed by atoms with Crippen LogP contribution in [0.25, 0.3) is 0 Å². The lowest BCUT2D eigenvalue weighted by Gasteiger charge is -2.09. The Morgan fingerprint density at radius 3 is 3.12 bits per heavy atom. The molecule has 0 saturated carbocycles. The summed E-state index contributed by atoms with van der Waals surface area (Å²) >= 11 is 0. The van der Waals surface area contributed by atoms with Gasteiger partial charge in [-0.15, -0.1) is 5.43 Å². The molecule has 1 radical (unpaired) electrons. The molecule has 1 aliphatic rings. The third-order valence-corrected chi connectivity index (χ3v) is 1.23. The number of nitrogens with one attached hydrogen (secondary N) is 2. The molecule has 1 saturated heterocycles. The maximum Gasteiger partial charge on any atom is 0.0318 e. The Balaban J connectivity index is 2.00. The standard InChI is InChI=1S/C5H12N3/c1-2-4-6-8-7-5-3-1/h6,8H,1-5H2. The molecule has 3 heteroatoms. The van der Waals surface area contributed by atoms with Gasteiger partial charge >= 0.3 is 0 Å². The van der Waals surface area contributed by atoms with Crippen molar-refractivity contribution in [2.45, 2.75) is 19.3 Å². The Bertz CT molecular complexity index is 31.6. The van der Waals surface area contributed by atoms with E-state index in [1.165, 1.54) is 19.3 Å². The lowest BCUT2D eigenvalue weighted by atomic mass is 10.2. The van der Waals surface area contributed by atoms with Gasteiger partial charge in [-0.05, 0) is 12.8 Å². The second kappa shape index (κ2) is 3.83. The maximum absolute atomic E-state index is 3.97. The van der Waals surface area contributed by atoms with Crippen molar-refractivity contribution in [3.63, 3.8) is 0 Å². The quantitative estimate of drug-likeness (QED) is 0.457. The van der Waals surface area contributed by atoms with Gasteiger partial charge in [0.1, 0.15) is 0 Å². The second-order valence-corrected chi connectivity index (χ2v) is 1.98. The van der Waals surface area contributed by atoms with Crippen molar-refractivity contribution in [2.75, 3.05) is 13.1 Å². The van der Waals surface area contributed by atoms with Gasteiger partial charge in [-0.2, -0.15) is 5.53 Å². The van der Waals surface area contributed by atoms with Crippen LogP contribution in [0.4, 0.5) is 0 Å². The summed E-state index contributed by atoms with van der Waals surface area (Å²) in [5.41, 5.74) is 9.70. The molecule has 0 unspecified atom stereocenters. The fourth-order valence-electron chi connectivity index (χ4n) is 0.749. The minimum absolute atomic E-state index is 0.951. The number of hydrogen-bond donors (Lipinski definition) is 2. The van der Waals surface area contributed by atoms with Gasteiger partial charge in [-0.1, -0.05) is 6.42 Å². The Morgan fingerprint density at radius 1 is 1.12 bits per heavy atom. The number of nitrogens with zero attached hydrogens (tertiary/aromatic N) is 1. The fraction of sp³-hybridized carbons (Fsp3) is 1.00. The van der Waals surface area contributed by atoms with Crippen LogP contribution in [0.1, 0.15) is 19.3 Å². The van der Waals surface area contributed by atoms with Crippen molar-refractivity contribution in [3.05, 3.63) is 0 Å². The van der Waals surface area contributed by atoms with E-state index in [-0.39, 0.29) is 0 Å². The molecule has 1 heterocycles. The summed E-state index contributed by atoms with van der Waals surface area (Å²) in [5, 5.41) is 0. The van der Waals surface area contributed by atoms with Crippen molar-refractivity contribution < 1.29 is 0 Å². The van der Waals surface area contributed by atoms with Crippen LogP contribution in [0.2, 0.25) is 0 Å². The van der Waals surface area contributed by atoms with Crippen LogP contribution in [0.5, 0.6) is 0 Å². The van der Waals surface area contributed by atoms with Crippen LogP contribution < -0.4 is 16.4 Å². The molecule has 1 fully saturated rings. The molecule has 0 aliphatic carbocycles. The summed E-state index contributed by atoms with van der Waals surface area (Å²) in [4.78, 5) is 0. The van der Waals surface area contributed by atoms with E-state index in [2.05, 4.69) is 16.4 Å². The van der Waals surface area contributed by atoms with Crippen LogP contribution in [0.3, 0.4) is 0 Å². The van der Waals surface area contributed by atoms with E-state index < -0.39 is 0 Å². The molecule has 1 rings (SSSR count). The largest absolute Gasteiger partial charge is 0.243 e. The second-order valence-electron chi connectivity index (χ2n) is 1.98. The van der Waals surface area contributed by atoms with E-state index in [0.717, 1.165) is 13.1 Å². The van der Waals surface area contributed by atoms with Crippen LogP contribution in [0, 0.1) is 0 Å². The van der Waals surface area contributed by atoms with Gasteiger partial charge in [-0.3, -0.25) is 0 Å². The van der Waals surface area contributed by atoms with Gasteiger partial charge in [0.25, 0.3) is 0 Å². The molecular weight excluding hydrogens is 102 g/mol. The molecule has 0 bridgehead atoms. The highest BCUT2D eigenvalue weighted by Crippen LogP contribution is 1.92. The minimum atomic E-state index is 0.951. The first-order chi connectivity index (χ1) is 4.00. The molecular formula is C5H12N3. The Labute approximate surface area is 49.8 Å². The Morgan fingerprint density at radius 2 is 2.12 bits per heavy atom. The minimum Gasteiger partial charge on any atom is -0.243 e. The first-order valence-corrected chi connectivity index (χ1v) is 3.14. The molecule has 0 aromatic carbocycles. The van der Waals surface area contributed by atoms with E-state index in [1.807, 2.05) is 0 Å². The highest BCUT2D eigenvalue weighted by atomic mass is 15.6. The molecule has 0 amide bonds. The van der Waals surface area contributed by atoms with Gasteiger partial charge in [-0.25, -0.2) is 5.43 Å². The van der Waals surface area contributed by atoms with E-state index in [1.54, 1.807) is 0 Å². The summed E-state index contributed by atoms with van der Waals surface area (Å²) in [5.74, 6) is 0. The molecule has 0 atom stereocenters. The van der Waals surface area contributed by atoms with E-state index in [4.69, 9.17) is 0 Å². The van der Waals surface area contributed by atoms with E-state index >= 15 is 0 Å². The molecule has 2 N–H and O–H groups in total. The highest BCUT2D eigenvalue weighted by Gasteiger charge is 1.93. The molecule has 0 spiro atoms. The van der Waals surface area contributed by atoms with Gasteiger partial charge in [0, 0.05) is 13.1 Å². The SMILES string of the molecule is C1CC[N]NNCC1. The van der Waals surface area contributed by atoms with Crippen LogP contribution in [-0.4, -0.2) is 13.1 Å². The van der Waals surface area contributed by atoms with Gasteiger partial charge in [0.2, 0.25) is 0 Å². The summed E-state index contributed by atoms with van der Waals surface area (Å²) in [6.45, 7) is 2.00. The predicted octanol–water partition coefficient (Wildman–Crippen LogP) is -0.216. The highest BCUT2D eigenvalue weighted by molar-refractivity contribution is 4.48. The topological polar surface area (TPSA) is 38.2 Å². The zero-order valence-corrected chi connectivity index (χ0v) is 4.98. The Hall–Kier alpha value is -0.120. The molecule has 0 aromatic rings. The van der Waals surface area contributed by atoms with Gasteiger partial charge in [0.05, 0.1) is 0 Å². The molecule has 8 heavy (non-hydrogen) atoms. The summed E-state index contributed by atoms with van der Waals surface area (Å²) in [6.07, 6.45) is 3.80. The van der Waals surface area contributed by atoms with E-state index in [9.17, 15) is 0 Å². The average Bonchev–Trinajstić information content (AvgIpc) is 1.62. The van der Waals surface area contributed by atoms with Crippen molar-refractivity contribution in [1.29, 1.82) is 0 Å². The van der Waals surface area contributed by atoms with Crippen LogP contribution in [-0.2, 0) is 0 Å². The van der Waals surface area contributed by atoms with Gasteiger partial charge < -0.3 is 0 Å².